The summed E-state index contributed by atoms with van der Waals surface area (Å²) in [7, 11) is 1.31. The molecule has 1 heterocycles. The number of phenols is 1. The predicted octanol–water partition coefficient (Wildman–Crippen LogP) is 4.53. The first kappa shape index (κ1) is 18.6. The third-order valence-electron chi connectivity index (χ3n) is 3.53. The van der Waals surface area contributed by atoms with Gasteiger partial charge in [0, 0.05) is 27.6 Å². The monoisotopic (exact) mass is 404 g/mol. The summed E-state index contributed by atoms with van der Waals surface area (Å²) in [6, 6.07) is 9.61. The maximum Gasteiger partial charge on any atom is 0.274 e. The number of nitro groups is 1. The van der Waals surface area contributed by atoms with E-state index in [9.17, 15) is 15.2 Å². The van der Waals surface area contributed by atoms with Crippen molar-refractivity contribution in [1.29, 1.82) is 0 Å². The molecular formula is C17H13ClN4O4S. The summed E-state index contributed by atoms with van der Waals surface area (Å²) >= 11 is 7.21. The van der Waals surface area contributed by atoms with E-state index in [1.165, 1.54) is 30.7 Å². The van der Waals surface area contributed by atoms with Crippen LogP contribution in [0.15, 0.2) is 46.9 Å². The number of nitro benzene ring substituents is 1. The predicted molar refractivity (Wildman–Crippen MR) is 105 cm³/mol. The van der Waals surface area contributed by atoms with Crippen LogP contribution in [0.3, 0.4) is 0 Å². The first-order chi connectivity index (χ1) is 13.0. The third kappa shape index (κ3) is 4.33. The molecule has 1 aromatic heterocycles. The minimum Gasteiger partial charge on any atom is -0.504 e. The topological polar surface area (TPSA) is 110 Å². The summed E-state index contributed by atoms with van der Waals surface area (Å²) in [5.41, 5.74) is 4.33. The molecule has 0 fully saturated rings. The highest BCUT2D eigenvalue weighted by Gasteiger charge is 2.15. The molecule has 3 aromatic rings. The second kappa shape index (κ2) is 8.02. The van der Waals surface area contributed by atoms with Gasteiger partial charge in [0.05, 0.1) is 30.0 Å². The molecule has 10 heteroatoms. The highest BCUT2D eigenvalue weighted by atomic mass is 35.5. The van der Waals surface area contributed by atoms with E-state index in [4.69, 9.17) is 16.3 Å². The number of aromatic nitrogens is 1. The lowest BCUT2D eigenvalue weighted by Crippen LogP contribution is -1.96. The van der Waals surface area contributed by atoms with Crippen LogP contribution in [0, 0.1) is 10.1 Å². The molecule has 0 amide bonds. The van der Waals surface area contributed by atoms with Crippen molar-refractivity contribution in [1.82, 2.24) is 4.98 Å². The summed E-state index contributed by atoms with van der Waals surface area (Å²) in [6.07, 6.45) is 1.26. The van der Waals surface area contributed by atoms with Crippen molar-refractivity contribution in [2.75, 3.05) is 12.5 Å². The number of anilines is 1. The number of thiazole rings is 1. The van der Waals surface area contributed by atoms with Gasteiger partial charge in [-0.3, -0.25) is 15.5 Å². The molecule has 3 rings (SSSR count). The van der Waals surface area contributed by atoms with Crippen LogP contribution >= 0.6 is 22.9 Å². The molecule has 27 heavy (non-hydrogen) atoms. The Balaban J connectivity index is 1.77. The number of methoxy groups -OCH3 is 1. The number of non-ortho nitro benzene ring substituents is 1. The smallest absolute Gasteiger partial charge is 0.274 e. The van der Waals surface area contributed by atoms with Crippen LogP contribution in [-0.4, -0.2) is 28.3 Å². The first-order valence-corrected chi connectivity index (χ1v) is 8.79. The lowest BCUT2D eigenvalue weighted by atomic mass is 10.2. The van der Waals surface area contributed by atoms with E-state index in [0.717, 1.165) is 17.3 Å². The summed E-state index contributed by atoms with van der Waals surface area (Å²) in [4.78, 5) is 14.8. The van der Waals surface area contributed by atoms with E-state index in [1.807, 2.05) is 17.5 Å². The Morgan fingerprint density at radius 3 is 2.78 bits per heavy atom. The van der Waals surface area contributed by atoms with Gasteiger partial charge >= 0.3 is 0 Å². The summed E-state index contributed by atoms with van der Waals surface area (Å²) in [5, 5.41) is 28.1. The second-order valence-corrected chi connectivity index (χ2v) is 6.55. The van der Waals surface area contributed by atoms with Crippen molar-refractivity contribution < 1.29 is 14.8 Å². The molecule has 0 aliphatic rings. The summed E-state index contributed by atoms with van der Waals surface area (Å²) < 4.78 is 4.95. The highest BCUT2D eigenvalue weighted by Crippen LogP contribution is 2.33. The Labute approximate surface area is 162 Å². The number of ether oxygens (including phenoxy) is 1. The second-order valence-electron chi connectivity index (χ2n) is 5.26. The van der Waals surface area contributed by atoms with Gasteiger partial charge in [0.1, 0.15) is 0 Å². The standard InChI is InChI=1S/C17H13ClN4O4S/c1-26-15-7-13(22(24)25)6-11(16(15)23)8-19-21-17-20-14(9-27-17)10-2-4-12(18)5-3-10/h2-9,23H,1H3,(H,20,21)/b19-8+. The van der Waals surface area contributed by atoms with Crippen LogP contribution in [0.1, 0.15) is 5.56 Å². The first-order valence-electron chi connectivity index (χ1n) is 7.54. The van der Waals surface area contributed by atoms with Crippen LogP contribution < -0.4 is 10.2 Å². The SMILES string of the molecule is COc1cc([N+](=O)[O-])cc(/C=N/Nc2nc(-c3ccc(Cl)cc3)cs2)c1O. The van der Waals surface area contributed by atoms with Gasteiger partial charge in [-0.05, 0) is 12.1 Å². The van der Waals surface area contributed by atoms with E-state index < -0.39 is 4.92 Å². The molecule has 138 valence electrons. The van der Waals surface area contributed by atoms with Crippen LogP contribution in [0.25, 0.3) is 11.3 Å². The number of nitrogens with one attached hydrogen (secondary N) is 1. The van der Waals surface area contributed by atoms with E-state index in [-0.39, 0.29) is 22.7 Å². The van der Waals surface area contributed by atoms with Gasteiger partial charge in [-0.2, -0.15) is 5.10 Å². The van der Waals surface area contributed by atoms with Crippen molar-refractivity contribution in [2.24, 2.45) is 5.10 Å². The Morgan fingerprint density at radius 1 is 1.37 bits per heavy atom. The van der Waals surface area contributed by atoms with Gasteiger partial charge in [0.25, 0.3) is 5.69 Å². The van der Waals surface area contributed by atoms with Gasteiger partial charge in [-0.15, -0.1) is 11.3 Å². The van der Waals surface area contributed by atoms with Crippen LogP contribution in [0.5, 0.6) is 11.5 Å². The number of nitrogens with zero attached hydrogens (tertiary/aromatic N) is 3. The van der Waals surface area contributed by atoms with Crippen molar-refractivity contribution in [2.45, 2.75) is 0 Å². The van der Waals surface area contributed by atoms with Crippen molar-refractivity contribution in [3.63, 3.8) is 0 Å². The quantitative estimate of drug-likeness (QED) is 0.354. The molecule has 0 atom stereocenters. The maximum atomic E-state index is 11.0. The third-order valence-corrected chi connectivity index (χ3v) is 4.53. The van der Waals surface area contributed by atoms with E-state index >= 15 is 0 Å². The molecule has 8 nitrogen and oxygen atoms in total. The number of benzene rings is 2. The Morgan fingerprint density at radius 2 is 2.11 bits per heavy atom. The van der Waals surface area contributed by atoms with Crippen molar-refractivity contribution >= 4 is 40.0 Å². The highest BCUT2D eigenvalue weighted by molar-refractivity contribution is 7.14. The molecule has 0 unspecified atom stereocenters. The fourth-order valence-corrected chi connectivity index (χ4v) is 3.00. The minimum absolute atomic E-state index is 0.00933. The average Bonchev–Trinajstić information content (AvgIpc) is 3.12. The Kier molecular flexibility index (Phi) is 5.53. The maximum absolute atomic E-state index is 11.0. The Bertz CT molecular complexity index is 1000. The fourth-order valence-electron chi connectivity index (χ4n) is 2.21. The largest absolute Gasteiger partial charge is 0.504 e. The molecule has 0 radical (unpaired) electrons. The molecule has 2 aromatic carbocycles. The lowest BCUT2D eigenvalue weighted by Gasteiger charge is -2.05. The number of hydrazone groups is 1. The summed E-state index contributed by atoms with van der Waals surface area (Å²) in [6.45, 7) is 0. The van der Waals surface area contributed by atoms with Gasteiger partial charge in [0.15, 0.2) is 11.5 Å². The van der Waals surface area contributed by atoms with E-state index in [0.29, 0.717) is 10.2 Å². The van der Waals surface area contributed by atoms with Crippen molar-refractivity contribution in [3.8, 4) is 22.8 Å². The minimum atomic E-state index is -0.577. The zero-order chi connectivity index (χ0) is 19.4. The normalized spacial score (nSPS) is 10.9. The molecule has 0 spiro atoms. The molecule has 0 aliphatic carbocycles. The van der Waals surface area contributed by atoms with E-state index in [1.54, 1.807) is 12.1 Å². The van der Waals surface area contributed by atoms with Crippen LogP contribution in [-0.2, 0) is 0 Å². The molecule has 0 saturated carbocycles. The van der Waals surface area contributed by atoms with Gasteiger partial charge < -0.3 is 9.84 Å². The average molecular weight is 405 g/mol. The fraction of sp³-hybridized carbons (Fsp3) is 0.0588. The Hall–Kier alpha value is -3.17. The van der Waals surface area contributed by atoms with Gasteiger partial charge in [-0.25, -0.2) is 4.98 Å². The number of aromatic hydroxyl groups is 1. The molecule has 0 bridgehead atoms. The van der Waals surface area contributed by atoms with Crippen molar-refractivity contribution in [3.05, 3.63) is 62.5 Å². The van der Waals surface area contributed by atoms with Gasteiger partial charge in [-0.1, -0.05) is 23.7 Å². The zero-order valence-corrected chi connectivity index (χ0v) is 15.5. The van der Waals surface area contributed by atoms with Crippen LogP contribution in [0.4, 0.5) is 10.8 Å². The number of hydrogen-bond acceptors (Lipinski definition) is 8. The lowest BCUT2D eigenvalue weighted by molar-refractivity contribution is -0.385. The van der Waals surface area contributed by atoms with Gasteiger partial charge in [0.2, 0.25) is 5.13 Å². The number of hydrogen-bond donors (Lipinski definition) is 2. The number of phenolic OH excluding ortho intramolecular Hbond substituents is 1. The molecular weight excluding hydrogens is 392 g/mol. The zero-order valence-electron chi connectivity index (χ0n) is 13.9. The number of halogens is 1. The van der Waals surface area contributed by atoms with Crippen LogP contribution in [0.2, 0.25) is 5.02 Å². The summed E-state index contributed by atoms with van der Waals surface area (Å²) in [5.74, 6) is -0.250. The molecule has 0 saturated heterocycles. The van der Waals surface area contributed by atoms with E-state index in [2.05, 4.69) is 15.5 Å². The molecule has 0 aliphatic heterocycles. The molecule has 2 N–H and O–H groups in total. The number of rotatable bonds is 6.